The summed E-state index contributed by atoms with van der Waals surface area (Å²) in [7, 11) is 0. The fraction of sp³-hybridized carbons (Fsp3) is 0.0714. The highest BCUT2D eigenvalue weighted by atomic mass is 16.2. The molecule has 0 heterocycles. The number of benzene rings is 4. The van der Waals surface area contributed by atoms with Gasteiger partial charge in [0.05, 0.1) is 5.92 Å². The zero-order valence-electron chi connectivity index (χ0n) is 17.8. The summed E-state index contributed by atoms with van der Waals surface area (Å²) < 4.78 is 0. The van der Waals surface area contributed by atoms with Gasteiger partial charge in [0.25, 0.3) is 5.91 Å². The van der Waals surface area contributed by atoms with Crippen molar-refractivity contribution in [3.63, 3.8) is 0 Å². The van der Waals surface area contributed by atoms with Crippen LogP contribution in [-0.4, -0.2) is 11.8 Å². The quantitative estimate of drug-likeness (QED) is 0.401. The van der Waals surface area contributed by atoms with Crippen LogP contribution in [0.1, 0.15) is 33.0 Å². The van der Waals surface area contributed by atoms with Gasteiger partial charge in [-0.15, -0.1) is 0 Å². The predicted molar refractivity (Wildman–Crippen MR) is 129 cm³/mol. The lowest BCUT2D eigenvalue weighted by molar-refractivity contribution is -0.116. The molecule has 0 radical (unpaired) electrons. The molecule has 2 amide bonds. The molecule has 158 valence electrons. The van der Waals surface area contributed by atoms with Crippen molar-refractivity contribution in [2.24, 2.45) is 0 Å². The van der Waals surface area contributed by atoms with Crippen LogP contribution in [0.3, 0.4) is 0 Å². The lowest BCUT2D eigenvalue weighted by Crippen LogP contribution is -2.22. The van der Waals surface area contributed by atoms with E-state index in [1.165, 1.54) is 0 Å². The van der Waals surface area contributed by atoms with Crippen molar-refractivity contribution in [1.29, 1.82) is 0 Å². The second-order valence-electron chi connectivity index (χ2n) is 7.65. The van der Waals surface area contributed by atoms with E-state index >= 15 is 0 Å². The number of aryl methyl sites for hydroxylation is 1. The Morgan fingerprint density at radius 3 is 1.78 bits per heavy atom. The van der Waals surface area contributed by atoms with Gasteiger partial charge in [-0.05, 0) is 48.4 Å². The van der Waals surface area contributed by atoms with Gasteiger partial charge in [-0.25, -0.2) is 0 Å². The first-order chi connectivity index (χ1) is 15.6. The lowest BCUT2D eigenvalue weighted by Gasteiger charge is -2.18. The Labute approximate surface area is 187 Å². The van der Waals surface area contributed by atoms with Gasteiger partial charge in [-0.1, -0.05) is 84.4 Å². The third-order valence-corrected chi connectivity index (χ3v) is 5.20. The molecule has 4 aromatic carbocycles. The molecule has 0 saturated carbocycles. The van der Waals surface area contributed by atoms with Crippen molar-refractivity contribution in [2.75, 3.05) is 10.6 Å². The van der Waals surface area contributed by atoms with Gasteiger partial charge in [0.1, 0.15) is 0 Å². The van der Waals surface area contributed by atoms with E-state index in [0.29, 0.717) is 16.9 Å². The standard InChI is InChI=1S/C28H24N2O2/c1-20-10-8-15-23(18-20)27(31)29-24-16-9-17-25(19-24)30-28(32)26(21-11-4-2-5-12-21)22-13-6-3-7-14-22/h2-19,26H,1H3,(H,29,31)(H,30,32). The number of hydrogen-bond acceptors (Lipinski definition) is 2. The van der Waals surface area contributed by atoms with Crippen molar-refractivity contribution in [3.8, 4) is 0 Å². The van der Waals surface area contributed by atoms with Crippen LogP contribution in [0.2, 0.25) is 0 Å². The first-order valence-corrected chi connectivity index (χ1v) is 10.5. The molecule has 0 spiro atoms. The van der Waals surface area contributed by atoms with Gasteiger partial charge in [0.15, 0.2) is 0 Å². The Bertz CT molecular complexity index is 1180. The SMILES string of the molecule is Cc1cccc(C(=O)Nc2cccc(NC(=O)C(c3ccccc3)c3ccccc3)c2)c1. The van der Waals surface area contributed by atoms with Crippen LogP contribution in [0.4, 0.5) is 11.4 Å². The summed E-state index contributed by atoms with van der Waals surface area (Å²) in [6.45, 7) is 1.95. The Balaban J connectivity index is 1.54. The summed E-state index contributed by atoms with van der Waals surface area (Å²) in [4.78, 5) is 25.9. The molecule has 4 aromatic rings. The second kappa shape index (κ2) is 9.75. The number of carbonyl (C=O) groups excluding carboxylic acids is 2. The molecule has 0 aliphatic carbocycles. The largest absolute Gasteiger partial charge is 0.325 e. The maximum Gasteiger partial charge on any atom is 0.255 e. The Kier molecular flexibility index (Phi) is 6.42. The first-order valence-electron chi connectivity index (χ1n) is 10.5. The molecule has 0 saturated heterocycles. The van der Waals surface area contributed by atoms with Crippen LogP contribution in [-0.2, 0) is 4.79 Å². The molecule has 0 aliphatic rings. The van der Waals surface area contributed by atoms with E-state index in [2.05, 4.69) is 10.6 Å². The topological polar surface area (TPSA) is 58.2 Å². The summed E-state index contributed by atoms with van der Waals surface area (Å²) in [5, 5.41) is 5.91. The number of carbonyl (C=O) groups is 2. The smallest absolute Gasteiger partial charge is 0.255 e. The molecule has 4 heteroatoms. The van der Waals surface area contributed by atoms with E-state index in [-0.39, 0.29) is 11.8 Å². The zero-order valence-corrected chi connectivity index (χ0v) is 17.8. The van der Waals surface area contributed by atoms with Gasteiger partial charge in [0.2, 0.25) is 5.91 Å². The molecular formula is C28H24N2O2. The molecule has 32 heavy (non-hydrogen) atoms. The molecule has 0 aliphatic heterocycles. The monoisotopic (exact) mass is 420 g/mol. The molecule has 4 rings (SSSR count). The zero-order chi connectivity index (χ0) is 22.3. The highest BCUT2D eigenvalue weighted by molar-refractivity contribution is 6.05. The summed E-state index contributed by atoms with van der Waals surface area (Å²) in [5.41, 5.74) is 4.68. The van der Waals surface area contributed by atoms with Crippen LogP contribution in [0.25, 0.3) is 0 Å². The molecule has 0 aromatic heterocycles. The Hall–Kier alpha value is -4.18. The van der Waals surface area contributed by atoms with Crippen LogP contribution < -0.4 is 10.6 Å². The molecule has 2 N–H and O–H groups in total. The third-order valence-electron chi connectivity index (χ3n) is 5.20. The van der Waals surface area contributed by atoms with Gasteiger partial charge in [0, 0.05) is 16.9 Å². The number of hydrogen-bond donors (Lipinski definition) is 2. The van der Waals surface area contributed by atoms with Gasteiger partial charge < -0.3 is 10.6 Å². The minimum Gasteiger partial charge on any atom is -0.325 e. The van der Waals surface area contributed by atoms with Gasteiger partial charge in [-0.3, -0.25) is 9.59 Å². The number of nitrogens with one attached hydrogen (secondary N) is 2. The average Bonchev–Trinajstić information content (AvgIpc) is 2.81. The van der Waals surface area contributed by atoms with Crippen molar-refractivity contribution < 1.29 is 9.59 Å². The molecule has 0 unspecified atom stereocenters. The third kappa shape index (κ3) is 5.10. The lowest BCUT2D eigenvalue weighted by atomic mass is 9.90. The Morgan fingerprint density at radius 2 is 1.19 bits per heavy atom. The number of rotatable bonds is 6. The van der Waals surface area contributed by atoms with Crippen molar-refractivity contribution >= 4 is 23.2 Å². The maximum atomic E-state index is 13.3. The first kappa shape index (κ1) is 21.1. The normalized spacial score (nSPS) is 10.6. The maximum absolute atomic E-state index is 13.3. The molecule has 0 atom stereocenters. The highest BCUT2D eigenvalue weighted by Crippen LogP contribution is 2.27. The summed E-state index contributed by atoms with van der Waals surface area (Å²) in [6, 6.07) is 34.0. The van der Waals surface area contributed by atoms with E-state index < -0.39 is 5.92 Å². The Morgan fingerprint density at radius 1 is 0.625 bits per heavy atom. The fourth-order valence-corrected chi connectivity index (χ4v) is 3.66. The van der Waals surface area contributed by atoms with Crippen LogP contribution >= 0.6 is 0 Å². The molecule has 4 nitrogen and oxygen atoms in total. The predicted octanol–water partition coefficient (Wildman–Crippen LogP) is 6.02. The van der Waals surface area contributed by atoms with Crippen LogP contribution in [0, 0.1) is 6.92 Å². The molecule has 0 fully saturated rings. The van der Waals surface area contributed by atoms with Crippen molar-refractivity contribution in [1.82, 2.24) is 0 Å². The van der Waals surface area contributed by atoms with Crippen LogP contribution in [0.15, 0.2) is 109 Å². The van der Waals surface area contributed by atoms with E-state index in [9.17, 15) is 9.59 Å². The van der Waals surface area contributed by atoms with Crippen LogP contribution in [0.5, 0.6) is 0 Å². The van der Waals surface area contributed by atoms with Gasteiger partial charge in [-0.2, -0.15) is 0 Å². The number of amides is 2. The molecular weight excluding hydrogens is 396 g/mol. The van der Waals surface area contributed by atoms with E-state index in [4.69, 9.17) is 0 Å². The van der Waals surface area contributed by atoms with Crippen molar-refractivity contribution in [2.45, 2.75) is 12.8 Å². The summed E-state index contributed by atoms with van der Waals surface area (Å²) in [6.07, 6.45) is 0. The minimum atomic E-state index is -0.442. The number of anilines is 2. The van der Waals surface area contributed by atoms with Gasteiger partial charge >= 0.3 is 0 Å². The van der Waals surface area contributed by atoms with E-state index in [1.54, 1.807) is 18.2 Å². The second-order valence-corrected chi connectivity index (χ2v) is 7.65. The highest BCUT2D eigenvalue weighted by Gasteiger charge is 2.22. The van der Waals surface area contributed by atoms with E-state index in [1.807, 2.05) is 97.9 Å². The van der Waals surface area contributed by atoms with Crippen molar-refractivity contribution in [3.05, 3.63) is 131 Å². The average molecular weight is 421 g/mol. The summed E-state index contributed by atoms with van der Waals surface area (Å²) in [5.74, 6) is -0.767. The van der Waals surface area contributed by atoms with E-state index in [0.717, 1.165) is 16.7 Å². The minimum absolute atomic E-state index is 0.135. The molecule has 0 bridgehead atoms. The summed E-state index contributed by atoms with van der Waals surface area (Å²) >= 11 is 0. The fourth-order valence-electron chi connectivity index (χ4n) is 3.66.